The van der Waals surface area contributed by atoms with Gasteiger partial charge in [-0.15, -0.1) is 10.2 Å². The summed E-state index contributed by atoms with van der Waals surface area (Å²) < 4.78 is 20.0. The number of ether oxygens (including phenoxy) is 1. The van der Waals surface area contributed by atoms with Gasteiger partial charge in [0.2, 0.25) is 5.82 Å². The van der Waals surface area contributed by atoms with E-state index in [1.165, 1.54) is 27.7 Å². The molecule has 0 aliphatic heterocycles. The maximum Gasteiger partial charge on any atom is 0.358 e. The van der Waals surface area contributed by atoms with Crippen molar-refractivity contribution in [3.63, 3.8) is 0 Å². The Bertz CT molecular complexity index is 1110. The molecule has 0 aliphatic rings. The lowest BCUT2D eigenvalue weighted by Gasteiger charge is -2.03. The minimum Gasteiger partial charge on any atom is -0.461 e. The zero-order chi connectivity index (χ0) is 20.1. The van der Waals surface area contributed by atoms with E-state index in [0.717, 1.165) is 5.56 Å². The average molecular weight is 392 g/mol. The molecule has 4 rings (SSSR count). The van der Waals surface area contributed by atoms with E-state index in [4.69, 9.17) is 4.74 Å². The molecule has 0 amide bonds. The molecule has 9 heteroatoms. The van der Waals surface area contributed by atoms with Gasteiger partial charge in [0, 0.05) is 18.2 Å². The summed E-state index contributed by atoms with van der Waals surface area (Å²) in [7, 11) is 0. The van der Waals surface area contributed by atoms with Crippen molar-refractivity contribution in [2.45, 2.75) is 13.0 Å². The van der Waals surface area contributed by atoms with Gasteiger partial charge in [-0.2, -0.15) is 9.90 Å². The van der Waals surface area contributed by atoms with E-state index >= 15 is 0 Å². The van der Waals surface area contributed by atoms with Crippen LogP contribution in [0.5, 0.6) is 0 Å². The molecule has 0 aliphatic carbocycles. The second kappa shape index (κ2) is 8.42. The second-order valence-corrected chi connectivity index (χ2v) is 6.19. The summed E-state index contributed by atoms with van der Waals surface area (Å²) in [5, 5.41) is 16.5. The van der Waals surface area contributed by atoms with Gasteiger partial charge in [0.1, 0.15) is 5.82 Å². The lowest BCUT2D eigenvalue weighted by Crippen LogP contribution is -2.11. The number of esters is 1. The van der Waals surface area contributed by atoms with Gasteiger partial charge in [-0.25, -0.2) is 13.9 Å². The zero-order valence-electron chi connectivity index (χ0n) is 15.3. The second-order valence-electron chi connectivity index (χ2n) is 6.19. The first-order valence-electron chi connectivity index (χ1n) is 9.01. The number of tetrazole rings is 1. The quantitative estimate of drug-likeness (QED) is 0.355. The molecule has 8 nitrogen and oxygen atoms in total. The number of aromatic nitrogens is 6. The van der Waals surface area contributed by atoms with Gasteiger partial charge in [-0.1, -0.05) is 36.4 Å². The summed E-state index contributed by atoms with van der Waals surface area (Å²) in [5.41, 5.74) is 1.56. The van der Waals surface area contributed by atoms with Crippen LogP contribution in [0.3, 0.4) is 0 Å². The molecule has 0 unspecified atom stereocenters. The van der Waals surface area contributed by atoms with Crippen molar-refractivity contribution in [3.8, 4) is 17.1 Å². The molecule has 0 saturated heterocycles. The molecule has 0 bridgehead atoms. The molecule has 2 heterocycles. The molecular formula is C20H17FN6O2. The molecule has 2 aromatic carbocycles. The standard InChI is InChI=1S/C20H17FN6O2/c21-16-8-4-9-17(14-16)26-12-10-18(23-26)20(28)29-13-5-11-27-24-19(22-25-27)15-6-2-1-3-7-15/h1-4,6-10,12,14H,5,11,13H2. The number of carbonyl (C=O) groups is 1. The molecule has 0 atom stereocenters. The lowest BCUT2D eigenvalue weighted by molar-refractivity contribution is 0.0486. The molecule has 0 N–H and O–H groups in total. The molecular weight excluding hydrogens is 375 g/mol. The van der Waals surface area contributed by atoms with Gasteiger partial charge >= 0.3 is 5.97 Å². The third-order valence-electron chi connectivity index (χ3n) is 4.09. The van der Waals surface area contributed by atoms with E-state index in [2.05, 4.69) is 20.5 Å². The normalized spacial score (nSPS) is 10.8. The maximum absolute atomic E-state index is 13.3. The van der Waals surface area contributed by atoms with Crippen LogP contribution in [0.1, 0.15) is 16.9 Å². The highest BCUT2D eigenvalue weighted by Crippen LogP contribution is 2.12. The molecule has 4 aromatic rings. The van der Waals surface area contributed by atoms with Crippen molar-refractivity contribution < 1.29 is 13.9 Å². The summed E-state index contributed by atoms with van der Waals surface area (Å²) in [5.74, 6) is -0.374. The van der Waals surface area contributed by atoms with Gasteiger partial charge in [0.25, 0.3) is 0 Å². The van der Waals surface area contributed by atoms with Crippen LogP contribution in [0.15, 0.2) is 66.9 Å². The predicted octanol–water partition coefficient (Wildman–Crippen LogP) is 2.91. The lowest BCUT2D eigenvalue weighted by atomic mass is 10.2. The first-order chi connectivity index (χ1) is 14.2. The average Bonchev–Trinajstić information content (AvgIpc) is 3.42. The molecule has 2 aromatic heterocycles. The Morgan fingerprint density at radius 1 is 1.03 bits per heavy atom. The van der Waals surface area contributed by atoms with E-state index in [-0.39, 0.29) is 18.1 Å². The van der Waals surface area contributed by atoms with Crippen molar-refractivity contribution in [1.82, 2.24) is 30.0 Å². The SMILES string of the molecule is O=C(OCCCn1nnc(-c2ccccc2)n1)c1ccn(-c2cccc(F)c2)n1. The number of aryl methyl sites for hydroxylation is 1. The van der Waals surface area contributed by atoms with E-state index in [1.54, 1.807) is 18.3 Å². The summed E-state index contributed by atoms with van der Waals surface area (Å²) in [6.07, 6.45) is 2.11. The summed E-state index contributed by atoms with van der Waals surface area (Å²) >= 11 is 0. The first-order valence-corrected chi connectivity index (χ1v) is 9.01. The molecule has 0 fully saturated rings. The van der Waals surface area contributed by atoms with Crippen molar-refractivity contribution in [2.75, 3.05) is 6.61 Å². The van der Waals surface area contributed by atoms with Gasteiger partial charge in [0.05, 0.1) is 18.8 Å². The summed E-state index contributed by atoms with van der Waals surface area (Å²) in [4.78, 5) is 13.6. The highest BCUT2D eigenvalue weighted by molar-refractivity contribution is 5.87. The van der Waals surface area contributed by atoms with E-state index in [0.29, 0.717) is 24.5 Å². The Kier molecular flexibility index (Phi) is 5.37. The van der Waals surface area contributed by atoms with Crippen molar-refractivity contribution in [1.29, 1.82) is 0 Å². The Balaban J connectivity index is 1.27. The zero-order valence-corrected chi connectivity index (χ0v) is 15.3. The molecule has 0 spiro atoms. The third kappa shape index (κ3) is 4.52. The van der Waals surface area contributed by atoms with Crippen LogP contribution in [-0.4, -0.2) is 42.6 Å². The Morgan fingerprint density at radius 3 is 2.72 bits per heavy atom. The number of benzene rings is 2. The Hall–Kier alpha value is -3.88. The van der Waals surface area contributed by atoms with Crippen LogP contribution in [0.2, 0.25) is 0 Å². The van der Waals surface area contributed by atoms with Crippen LogP contribution >= 0.6 is 0 Å². The van der Waals surface area contributed by atoms with E-state index < -0.39 is 5.97 Å². The van der Waals surface area contributed by atoms with Gasteiger partial charge in [0.15, 0.2) is 5.69 Å². The Labute approximate surface area is 165 Å². The molecule has 0 radical (unpaired) electrons. The largest absolute Gasteiger partial charge is 0.461 e. The van der Waals surface area contributed by atoms with Crippen molar-refractivity contribution >= 4 is 5.97 Å². The monoisotopic (exact) mass is 392 g/mol. The fourth-order valence-corrected chi connectivity index (χ4v) is 2.68. The van der Waals surface area contributed by atoms with E-state index in [9.17, 15) is 9.18 Å². The fraction of sp³-hybridized carbons (Fsp3) is 0.150. The number of hydrogen-bond donors (Lipinski definition) is 0. The number of hydrogen-bond acceptors (Lipinski definition) is 6. The number of carbonyl (C=O) groups excluding carboxylic acids is 1. The molecule has 146 valence electrons. The van der Waals surface area contributed by atoms with Crippen LogP contribution in [-0.2, 0) is 11.3 Å². The number of nitrogens with zero attached hydrogens (tertiary/aromatic N) is 6. The highest BCUT2D eigenvalue weighted by atomic mass is 19.1. The third-order valence-corrected chi connectivity index (χ3v) is 4.09. The highest BCUT2D eigenvalue weighted by Gasteiger charge is 2.12. The molecule has 29 heavy (non-hydrogen) atoms. The topological polar surface area (TPSA) is 87.7 Å². The maximum atomic E-state index is 13.3. The van der Waals surface area contributed by atoms with Gasteiger partial charge in [-0.3, -0.25) is 0 Å². The smallest absolute Gasteiger partial charge is 0.358 e. The van der Waals surface area contributed by atoms with E-state index in [1.807, 2.05) is 30.3 Å². The predicted molar refractivity (Wildman–Crippen MR) is 102 cm³/mol. The van der Waals surface area contributed by atoms with Crippen LogP contribution in [0.4, 0.5) is 4.39 Å². The van der Waals surface area contributed by atoms with Crippen LogP contribution < -0.4 is 0 Å². The van der Waals surface area contributed by atoms with Gasteiger partial charge in [-0.05, 0) is 29.5 Å². The summed E-state index contributed by atoms with van der Waals surface area (Å²) in [6.45, 7) is 0.652. The minimum absolute atomic E-state index is 0.152. The Morgan fingerprint density at radius 2 is 1.90 bits per heavy atom. The first kappa shape index (κ1) is 18.5. The van der Waals surface area contributed by atoms with Crippen molar-refractivity contribution in [3.05, 3.63) is 78.4 Å². The molecule has 0 saturated carbocycles. The van der Waals surface area contributed by atoms with Crippen LogP contribution in [0, 0.1) is 5.82 Å². The van der Waals surface area contributed by atoms with Crippen molar-refractivity contribution in [2.24, 2.45) is 0 Å². The minimum atomic E-state index is -0.545. The number of rotatable bonds is 7. The number of halogens is 1. The summed E-state index contributed by atoms with van der Waals surface area (Å²) in [6, 6.07) is 17.0. The van der Waals surface area contributed by atoms with Crippen LogP contribution in [0.25, 0.3) is 17.1 Å². The fourth-order valence-electron chi connectivity index (χ4n) is 2.68. The van der Waals surface area contributed by atoms with Gasteiger partial charge < -0.3 is 4.74 Å².